The average molecular weight is 248 g/mol. The van der Waals surface area contributed by atoms with Crippen LogP contribution in [-0.2, 0) is 26.2 Å². The molecule has 0 saturated heterocycles. The van der Waals surface area contributed by atoms with Gasteiger partial charge in [-0.1, -0.05) is 0 Å². The Morgan fingerprint density at radius 2 is 2.33 bits per heavy atom. The van der Waals surface area contributed by atoms with Crippen molar-refractivity contribution in [2.45, 2.75) is 33.1 Å². The summed E-state index contributed by atoms with van der Waals surface area (Å²) in [7, 11) is 0. The molecule has 7 heteroatoms. The largest absolute Gasteiger partial charge is 0.346 e. The van der Waals surface area contributed by atoms with E-state index >= 15 is 0 Å². The molecule has 2 aromatic heterocycles. The van der Waals surface area contributed by atoms with Gasteiger partial charge in [-0.3, -0.25) is 4.57 Å². The standard InChI is InChI=1S/C11H16N6O/c1-9-13-3-4-15(9)6-7-17-11(18)16-5-2-12-8-10(16)14-17/h3-4,12H,2,5-8H2,1H3. The van der Waals surface area contributed by atoms with Crippen molar-refractivity contribution < 1.29 is 0 Å². The summed E-state index contributed by atoms with van der Waals surface area (Å²) in [6, 6.07) is 0. The lowest BCUT2D eigenvalue weighted by Crippen LogP contribution is -2.34. The third kappa shape index (κ3) is 1.86. The van der Waals surface area contributed by atoms with Crippen molar-refractivity contribution in [1.29, 1.82) is 0 Å². The topological polar surface area (TPSA) is 69.7 Å². The highest BCUT2D eigenvalue weighted by Gasteiger charge is 2.15. The smallest absolute Gasteiger partial charge is 0.333 e. The highest BCUT2D eigenvalue weighted by molar-refractivity contribution is 4.91. The first-order valence-corrected chi connectivity index (χ1v) is 6.10. The fourth-order valence-electron chi connectivity index (χ4n) is 2.22. The van der Waals surface area contributed by atoms with Crippen LogP contribution in [0.4, 0.5) is 0 Å². The van der Waals surface area contributed by atoms with E-state index in [-0.39, 0.29) is 5.69 Å². The van der Waals surface area contributed by atoms with Gasteiger partial charge in [0.2, 0.25) is 0 Å². The molecule has 0 aliphatic carbocycles. The maximum Gasteiger partial charge on any atom is 0.346 e. The second kappa shape index (κ2) is 4.41. The Morgan fingerprint density at radius 1 is 1.44 bits per heavy atom. The van der Waals surface area contributed by atoms with Crippen LogP contribution < -0.4 is 11.0 Å². The number of fused-ring (bicyclic) bond motifs is 1. The van der Waals surface area contributed by atoms with Gasteiger partial charge in [-0.25, -0.2) is 14.5 Å². The molecule has 0 amide bonds. The van der Waals surface area contributed by atoms with Crippen LogP contribution in [0.5, 0.6) is 0 Å². The lowest BCUT2D eigenvalue weighted by atomic mass is 10.4. The van der Waals surface area contributed by atoms with Gasteiger partial charge in [-0.15, -0.1) is 0 Å². The van der Waals surface area contributed by atoms with Gasteiger partial charge in [0.1, 0.15) is 11.6 Å². The molecule has 96 valence electrons. The Bertz CT molecular complexity index is 607. The molecule has 0 radical (unpaired) electrons. The third-order valence-corrected chi connectivity index (χ3v) is 3.27. The molecule has 0 saturated carbocycles. The Balaban J connectivity index is 1.79. The molecule has 0 unspecified atom stereocenters. The van der Waals surface area contributed by atoms with E-state index in [0.29, 0.717) is 19.6 Å². The molecule has 3 rings (SSSR count). The molecule has 1 aliphatic rings. The molecule has 0 aromatic carbocycles. The van der Waals surface area contributed by atoms with Crippen LogP contribution in [-0.4, -0.2) is 30.4 Å². The van der Waals surface area contributed by atoms with E-state index in [4.69, 9.17) is 0 Å². The second-order valence-corrected chi connectivity index (χ2v) is 4.42. The van der Waals surface area contributed by atoms with Crippen molar-refractivity contribution in [3.8, 4) is 0 Å². The van der Waals surface area contributed by atoms with Gasteiger partial charge in [0.05, 0.1) is 13.1 Å². The van der Waals surface area contributed by atoms with Gasteiger partial charge in [0.15, 0.2) is 0 Å². The highest BCUT2D eigenvalue weighted by Crippen LogP contribution is 1.99. The zero-order valence-corrected chi connectivity index (χ0v) is 10.3. The van der Waals surface area contributed by atoms with Crippen LogP contribution >= 0.6 is 0 Å². The van der Waals surface area contributed by atoms with Crippen molar-refractivity contribution in [3.63, 3.8) is 0 Å². The normalized spacial score (nSPS) is 14.7. The quantitative estimate of drug-likeness (QED) is 0.784. The Labute approximate surface area is 104 Å². The van der Waals surface area contributed by atoms with E-state index < -0.39 is 0 Å². The fraction of sp³-hybridized carbons (Fsp3) is 0.545. The zero-order chi connectivity index (χ0) is 12.5. The van der Waals surface area contributed by atoms with Crippen LogP contribution in [0.1, 0.15) is 11.6 Å². The molecule has 0 spiro atoms. The summed E-state index contributed by atoms with van der Waals surface area (Å²) >= 11 is 0. The molecule has 2 aromatic rings. The molecule has 3 heterocycles. The molecule has 0 atom stereocenters. The van der Waals surface area contributed by atoms with Crippen molar-refractivity contribution in [2.24, 2.45) is 0 Å². The van der Waals surface area contributed by atoms with Crippen LogP contribution in [0.2, 0.25) is 0 Å². The molecular formula is C11H16N6O. The summed E-state index contributed by atoms with van der Waals surface area (Å²) in [4.78, 5) is 16.2. The first-order valence-electron chi connectivity index (χ1n) is 6.10. The molecule has 7 nitrogen and oxygen atoms in total. The first-order chi connectivity index (χ1) is 8.75. The number of aromatic nitrogens is 5. The molecule has 1 N–H and O–H groups in total. The van der Waals surface area contributed by atoms with Crippen LogP contribution in [0.15, 0.2) is 17.2 Å². The summed E-state index contributed by atoms with van der Waals surface area (Å²) in [6.45, 7) is 5.46. The zero-order valence-electron chi connectivity index (χ0n) is 10.3. The number of rotatable bonds is 3. The van der Waals surface area contributed by atoms with Crippen molar-refractivity contribution >= 4 is 0 Å². The lowest BCUT2D eigenvalue weighted by Gasteiger charge is -2.11. The summed E-state index contributed by atoms with van der Waals surface area (Å²) in [6.07, 6.45) is 3.68. The van der Waals surface area contributed by atoms with Crippen molar-refractivity contribution in [3.05, 3.63) is 34.5 Å². The monoisotopic (exact) mass is 248 g/mol. The Kier molecular flexibility index (Phi) is 2.75. The average Bonchev–Trinajstić information content (AvgIpc) is 2.92. The number of aryl methyl sites for hydroxylation is 3. The van der Waals surface area contributed by atoms with Crippen LogP contribution in [0.25, 0.3) is 0 Å². The van der Waals surface area contributed by atoms with E-state index in [0.717, 1.165) is 24.7 Å². The summed E-state index contributed by atoms with van der Waals surface area (Å²) in [5, 5.41) is 7.56. The first kappa shape index (κ1) is 11.2. The minimum Gasteiger partial charge on any atom is -0.333 e. The van der Waals surface area contributed by atoms with Gasteiger partial charge in [-0.2, -0.15) is 5.10 Å². The molecular weight excluding hydrogens is 232 g/mol. The maximum atomic E-state index is 12.1. The van der Waals surface area contributed by atoms with Gasteiger partial charge in [0.25, 0.3) is 0 Å². The van der Waals surface area contributed by atoms with E-state index in [1.165, 1.54) is 0 Å². The Morgan fingerprint density at radius 3 is 3.06 bits per heavy atom. The number of nitrogens with zero attached hydrogens (tertiary/aromatic N) is 5. The van der Waals surface area contributed by atoms with Crippen LogP contribution in [0.3, 0.4) is 0 Å². The predicted octanol–water partition coefficient (Wildman–Crippen LogP) is -0.647. The third-order valence-electron chi connectivity index (χ3n) is 3.27. The Hall–Kier alpha value is -1.89. The number of nitrogens with one attached hydrogen (secondary N) is 1. The minimum absolute atomic E-state index is 0.00994. The van der Waals surface area contributed by atoms with E-state index in [2.05, 4.69) is 15.4 Å². The summed E-state index contributed by atoms with van der Waals surface area (Å²) in [5.41, 5.74) is -0.00994. The van der Waals surface area contributed by atoms with Crippen molar-refractivity contribution in [2.75, 3.05) is 6.54 Å². The number of hydrogen-bond donors (Lipinski definition) is 1. The van der Waals surface area contributed by atoms with Gasteiger partial charge < -0.3 is 9.88 Å². The molecule has 18 heavy (non-hydrogen) atoms. The van der Waals surface area contributed by atoms with Gasteiger partial charge in [-0.05, 0) is 6.92 Å². The summed E-state index contributed by atoms with van der Waals surface area (Å²) < 4.78 is 5.31. The van der Waals surface area contributed by atoms with E-state index in [1.54, 1.807) is 15.4 Å². The van der Waals surface area contributed by atoms with Gasteiger partial charge in [0, 0.05) is 32.0 Å². The molecule has 0 bridgehead atoms. The summed E-state index contributed by atoms with van der Waals surface area (Å²) in [5.74, 6) is 1.78. The molecule has 1 aliphatic heterocycles. The lowest BCUT2D eigenvalue weighted by molar-refractivity contribution is 0.494. The van der Waals surface area contributed by atoms with E-state index in [1.807, 2.05) is 17.7 Å². The fourth-order valence-corrected chi connectivity index (χ4v) is 2.22. The molecule has 0 fully saturated rings. The number of hydrogen-bond acceptors (Lipinski definition) is 4. The SMILES string of the molecule is Cc1nccn1CCn1nc2n(c1=O)CCNC2. The second-order valence-electron chi connectivity index (χ2n) is 4.42. The van der Waals surface area contributed by atoms with Gasteiger partial charge >= 0.3 is 5.69 Å². The van der Waals surface area contributed by atoms with E-state index in [9.17, 15) is 4.79 Å². The van der Waals surface area contributed by atoms with Crippen molar-refractivity contribution in [1.82, 2.24) is 29.2 Å². The number of imidazole rings is 1. The van der Waals surface area contributed by atoms with Crippen LogP contribution in [0, 0.1) is 6.92 Å². The minimum atomic E-state index is -0.00994. The highest BCUT2D eigenvalue weighted by atomic mass is 16.2. The maximum absolute atomic E-state index is 12.1. The predicted molar refractivity (Wildman–Crippen MR) is 65.2 cm³/mol.